The van der Waals surface area contributed by atoms with Crippen molar-refractivity contribution in [1.29, 1.82) is 0 Å². The molecular formula is C10H10BrNO. The van der Waals surface area contributed by atoms with Gasteiger partial charge in [0.2, 0.25) is 0 Å². The molecule has 2 nitrogen and oxygen atoms in total. The number of rotatable bonds is 1. The van der Waals surface area contributed by atoms with E-state index in [1.165, 1.54) is 10.9 Å². The van der Waals surface area contributed by atoms with Crippen LogP contribution in [0.25, 0.3) is 10.9 Å². The Bertz CT molecular complexity index is 447. The van der Waals surface area contributed by atoms with Gasteiger partial charge in [0.15, 0.2) is 5.88 Å². The molecule has 0 unspecified atom stereocenters. The molecule has 0 bridgehead atoms. The summed E-state index contributed by atoms with van der Waals surface area (Å²) in [5.74, 6) is 0.877. The van der Waals surface area contributed by atoms with Crippen LogP contribution in [0.2, 0.25) is 0 Å². The van der Waals surface area contributed by atoms with Crippen LogP contribution in [-0.4, -0.2) is 11.7 Å². The largest absolute Gasteiger partial charge is 0.482 e. The Hall–Kier alpha value is -0.960. The van der Waals surface area contributed by atoms with E-state index >= 15 is 0 Å². The molecule has 0 spiro atoms. The molecule has 0 atom stereocenters. The van der Waals surface area contributed by atoms with Gasteiger partial charge in [-0.1, -0.05) is 12.1 Å². The highest BCUT2D eigenvalue weighted by molar-refractivity contribution is 9.10. The zero-order valence-electron chi connectivity index (χ0n) is 7.54. The second-order valence-electron chi connectivity index (χ2n) is 2.92. The number of para-hydroxylation sites is 1. The molecule has 0 aliphatic heterocycles. The van der Waals surface area contributed by atoms with Crippen LogP contribution in [-0.2, 0) is 7.05 Å². The van der Waals surface area contributed by atoms with E-state index in [9.17, 15) is 0 Å². The van der Waals surface area contributed by atoms with E-state index in [0.717, 1.165) is 10.4 Å². The number of benzene rings is 1. The van der Waals surface area contributed by atoms with Gasteiger partial charge in [0, 0.05) is 23.0 Å². The number of halogens is 1. The van der Waals surface area contributed by atoms with E-state index in [1.54, 1.807) is 7.11 Å². The highest BCUT2D eigenvalue weighted by atomic mass is 79.9. The molecule has 0 amide bonds. The summed E-state index contributed by atoms with van der Waals surface area (Å²) >= 11 is 3.51. The fourth-order valence-corrected chi connectivity index (χ4v) is 2.19. The molecule has 0 fully saturated rings. The Morgan fingerprint density at radius 3 is 2.77 bits per heavy atom. The SMILES string of the molecule is COc1cc2cccc(Br)c2n1C. The third-order valence-electron chi connectivity index (χ3n) is 2.17. The fourth-order valence-electron chi connectivity index (χ4n) is 1.54. The molecule has 0 aliphatic carbocycles. The zero-order chi connectivity index (χ0) is 9.42. The molecule has 3 heteroatoms. The summed E-state index contributed by atoms with van der Waals surface area (Å²) in [5.41, 5.74) is 1.17. The first-order chi connectivity index (χ1) is 6.24. The van der Waals surface area contributed by atoms with Gasteiger partial charge in [-0.3, -0.25) is 0 Å². The first kappa shape index (κ1) is 8.63. The lowest BCUT2D eigenvalue weighted by molar-refractivity contribution is 0.384. The Labute approximate surface area is 85.2 Å². The quantitative estimate of drug-likeness (QED) is 0.747. The van der Waals surface area contributed by atoms with Gasteiger partial charge in [-0.15, -0.1) is 0 Å². The van der Waals surface area contributed by atoms with Gasteiger partial charge >= 0.3 is 0 Å². The van der Waals surface area contributed by atoms with Crippen LogP contribution in [0.5, 0.6) is 5.88 Å². The minimum absolute atomic E-state index is 0.877. The summed E-state index contributed by atoms with van der Waals surface area (Å²) in [4.78, 5) is 0. The lowest BCUT2D eigenvalue weighted by Gasteiger charge is -2.02. The van der Waals surface area contributed by atoms with E-state index in [-0.39, 0.29) is 0 Å². The number of ether oxygens (including phenoxy) is 1. The Balaban J connectivity index is 2.85. The van der Waals surface area contributed by atoms with Crippen LogP contribution >= 0.6 is 15.9 Å². The molecule has 2 rings (SSSR count). The normalized spacial score (nSPS) is 10.7. The molecule has 1 aromatic carbocycles. The maximum atomic E-state index is 5.23. The number of nitrogens with zero attached hydrogens (tertiary/aromatic N) is 1. The molecule has 0 aliphatic rings. The van der Waals surface area contributed by atoms with Gasteiger partial charge < -0.3 is 9.30 Å². The van der Waals surface area contributed by atoms with Crippen LogP contribution in [0.4, 0.5) is 0 Å². The van der Waals surface area contributed by atoms with E-state index in [4.69, 9.17) is 4.74 Å². The fraction of sp³-hybridized carbons (Fsp3) is 0.200. The predicted octanol–water partition coefficient (Wildman–Crippen LogP) is 2.95. The molecule has 2 aromatic rings. The van der Waals surface area contributed by atoms with Gasteiger partial charge in [-0.2, -0.15) is 0 Å². The first-order valence-corrected chi connectivity index (χ1v) is 4.81. The molecule has 13 heavy (non-hydrogen) atoms. The molecule has 0 saturated heterocycles. The Morgan fingerprint density at radius 2 is 2.15 bits per heavy atom. The standard InChI is InChI=1S/C10H10BrNO/c1-12-9(13-2)6-7-4-3-5-8(11)10(7)12/h3-6H,1-2H3. The van der Waals surface area contributed by atoms with Gasteiger partial charge in [0.1, 0.15) is 0 Å². The van der Waals surface area contributed by atoms with Crippen molar-refractivity contribution < 1.29 is 4.74 Å². The van der Waals surface area contributed by atoms with Crippen LogP contribution in [0.3, 0.4) is 0 Å². The topological polar surface area (TPSA) is 14.2 Å². The third kappa shape index (κ3) is 1.23. The van der Waals surface area contributed by atoms with Crippen LogP contribution in [0.15, 0.2) is 28.7 Å². The van der Waals surface area contributed by atoms with Gasteiger partial charge in [-0.05, 0) is 22.0 Å². The summed E-state index contributed by atoms with van der Waals surface area (Å²) in [7, 11) is 3.67. The maximum Gasteiger partial charge on any atom is 0.193 e. The molecule has 0 N–H and O–H groups in total. The number of hydrogen-bond acceptors (Lipinski definition) is 1. The number of aromatic nitrogens is 1. The third-order valence-corrected chi connectivity index (χ3v) is 2.81. The highest BCUT2D eigenvalue weighted by Crippen LogP contribution is 2.29. The average molecular weight is 240 g/mol. The summed E-state index contributed by atoms with van der Waals surface area (Å²) in [5, 5.41) is 1.19. The van der Waals surface area contributed by atoms with Crippen molar-refractivity contribution in [1.82, 2.24) is 4.57 Å². The monoisotopic (exact) mass is 239 g/mol. The maximum absolute atomic E-state index is 5.23. The second kappa shape index (κ2) is 3.07. The first-order valence-electron chi connectivity index (χ1n) is 4.02. The second-order valence-corrected chi connectivity index (χ2v) is 3.78. The van der Waals surface area contributed by atoms with Crippen molar-refractivity contribution in [3.05, 3.63) is 28.7 Å². The minimum atomic E-state index is 0.877. The van der Waals surface area contributed by atoms with Gasteiger partial charge in [0.25, 0.3) is 0 Å². The van der Waals surface area contributed by atoms with E-state index in [1.807, 2.05) is 29.8 Å². The van der Waals surface area contributed by atoms with Crippen molar-refractivity contribution in [3.8, 4) is 5.88 Å². The van der Waals surface area contributed by atoms with Crippen molar-refractivity contribution in [2.75, 3.05) is 7.11 Å². The van der Waals surface area contributed by atoms with Crippen molar-refractivity contribution >= 4 is 26.8 Å². The molecular weight excluding hydrogens is 230 g/mol. The lowest BCUT2D eigenvalue weighted by Crippen LogP contribution is -1.92. The number of methoxy groups -OCH3 is 1. The van der Waals surface area contributed by atoms with Crippen molar-refractivity contribution in [2.45, 2.75) is 0 Å². The summed E-state index contributed by atoms with van der Waals surface area (Å²) in [6, 6.07) is 8.15. The zero-order valence-corrected chi connectivity index (χ0v) is 9.13. The summed E-state index contributed by atoms with van der Waals surface area (Å²) in [6.07, 6.45) is 0. The number of fused-ring (bicyclic) bond motifs is 1. The minimum Gasteiger partial charge on any atom is -0.482 e. The highest BCUT2D eigenvalue weighted by Gasteiger charge is 2.07. The Morgan fingerprint density at radius 1 is 1.38 bits per heavy atom. The van der Waals surface area contributed by atoms with E-state index < -0.39 is 0 Å². The van der Waals surface area contributed by atoms with Crippen molar-refractivity contribution in [3.63, 3.8) is 0 Å². The van der Waals surface area contributed by atoms with E-state index in [2.05, 4.69) is 22.0 Å². The molecule has 0 radical (unpaired) electrons. The van der Waals surface area contributed by atoms with Gasteiger partial charge in [0.05, 0.1) is 12.6 Å². The number of aryl methyl sites for hydroxylation is 1. The summed E-state index contributed by atoms with van der Waals surface area (Å²) in [6.45, 7) is 0. The molecule has 0 saturated carbocycles. The molecule has 68 valence electrons. The smallest absolute Gasteiger partial charge is 0.193 e. The number of hydrogen-bond donors (Lipinski definition) is 0. The summed E-state index contributed by atoms with van der Waals surface area (Å²) < 4.78 is 8.35. The lowest BCUT2D eigenvalue weighted by atomic mass is 10.2. The Kier molecular flexibility index (Phi) is 2.04. The van der Waals surface area contributed by atoms with Gasteiger partial charge in [-0.25, -0.2) is 0 Å². The molecule has 1 aromatic heterocycles. The molecule has 1 heterocycles. The van der Waals surface area contributed by atoms with Crippen LogP contribution in [0, 0.1) is 0 Å². The van der Waals surface area contributed by atoms with Crippen LogP contribution < -0.4 is 4.74 Å². The average Bonchev–Trinajstić information content (AvgIpc) is 2.44. The van der Waals surface area contributed by atoms with Crippen molar-refractivity contribution in [2.24, 2.45) is 7.05 Å². The predicted molar refractivity (Wildman–Crippen MR) is 57.2 cm³/mol. The van der Waals surface area contributed by atoms with E-state index in [0.29, 0.717) is 0 Å². The van der Waals surface area contributed by atoms with Crippen LogP contribution in [0.1, 0.15) is 0 Å².